The highest BCUT2D eigenvalue weighted by Crippen LogP contribution is 2.01. The lowest BCUT2D eigenvalue weighted by Crippen LogP contribution is -2.46. The van der Waals surface area contributed by atoms with Gasteiger partial charge >= 0.3 is 36.1 Å². The molecule has 0 fully saturated rings. The molecular formula is C37H84B4F6N8O17S4. The molecule has 0 unspecified atom stereocenters. The monoisotopic (exact) mass is 1210 g/mol. The van der Waals surface area contributed by atoms with E-state index >= 15 is 0 Å². The highest BCUT2D eigenvalue weighted by molar-refractivity contribution is 8.07. The molecule has 39 heteroatoms. The fourth-order valence-corrected chi connectivity index (χ4v) is 3.44. The smallest absolute Gasteiger partial charge is 0.324 e. The average Bonchev–Trinajstić information content (AvgIpc) is 3.41. The Hall–Kier alpha value is -2.84. The van der Waals surface area contributed by atoms with Gasteiger partial charge in [0, 0.05) is 12.1 Å². The third-order valence-corrected chi connectivity index (χ3v) is 7.25. The van der Waals surface area contributed by atoms with Gasteiger partial charge in [-0.15, -0.1) is 0 Å². The number of rotatable bonds is 29. The van der Waals surface area contributed by atoms with Gasteiger partial charge in [0.25, 0.3) is 5.78 Å². The number of likely N-dealkylation sites (N-methyl/N-ethyl adjacent to an activating group) is 4. The van der Waals surface area contributed by atoms with Gasteiger partial charge in [0.1, 0.15) is 88.6 Å². The second kappa shape index (κ2) is 72.2. The van der Waals surface area contributed by atoms with E-state index in [1.165, 1.54) is 35.4 Å². The summed E-state index contributed by atoms with van der Waals surface area (Å²) in [4.78, 5) is 65.3. The number of carboxylic acids is 3. The highest BCUT2D eigenvalue weighted by Gasteiger charge is 2.27. The van der Waals surface area contributed by atoms with Crippen LogP contribution in [0.3, 0.4) is 0 Å². The third kappa shape index (κ3) is 67.3. The Morgan fingerprint density at radius 1 is 0.592 bits per heavy atom. The second-order valence-electron chi connectivity index (χ2n) is 12.9. The van der Waals surface area contributed by atoms with Gasteiger partial charge in [-0.05, 0) is 33.5 Å². The minimum atomic E-state index is -1.59. The summed E-state index contributed by atoms with van der Waals surface area (Å²) in [5.41, 5.74) is 18.2. The summed E-state index contributed by atoms with van der Waals surface area (Å²) in [6.45, 7) is 0.0404. The van der Waals surface area contributed by atoms with E-state index in [4.69, 9.17) is 53.6 Å². The SMILES string of the molecule is CN[C@H](C(=O)O)[C@H](O)CF.N[C@H](C(=O)O)[C@H](O)CF.[2H]B(C)S.[2H]B(C)S.[2H]B(C)S.[2H]B(C)S.[3H]O[C@H](CF)[C@@H](CC(=O)OC)NC.[3H]O[C@H](CF)[C@H](N)CC(=O)OC.[3H]O[C@H](CF)[C@H](NC)C(=O)C=[N+]=[N-].[3H]O[C@H](CF)[C@H](NC)C(=O)O. The van der Waals surface area contributed by atoms with E-state index in [9.17, 15) is 55.1 Å². The topological polar surface area (TPSA) is 440 Å². The van der Waals surface area contributed by atoms with Crippen molar-refractivity contribution in [3.8, 4) is 0 Å². The number of nitrogens with one attached hydrogen (secondary N) is 4. The van der Waals surface area contributed by atoms with Crippen molar-refractivity contribution in [2.75, 3.05) is 82.5 Å². The van der Waals surface area contributed by atoms with Crippen LogP contribution in [0.5, 0.6) is 0 Å². The Morgan fingerprint density at radius 2 is 0.895 bits per heavy atom. The summed E-state index contributed by atoms with van der Waals surface area (Å²) in [5.74, 6) is -5.55. The third-order valence-electron chi connectivity index (χ3n) is 7.25. The number of thiol groups is 4. The minimum absolute atomic E-state index is 0.0134. The van der Waals surface area contributed by atoms with Gasteiger partial charge in [0.2, 0.25) is 5.72 Å². The number of aliphatic carboxylic acids is 3. The van der Waals surface area contributed by atoms with Gasteiger partial charge in [-0.2, -0.15) is 4.79 Å². The number of Topliss-reactive ketones (excluding diaryl/α,β-unsaturated/α-hetero) is 1. The summed E-state index contributed by atoms with van der Waals surface area (Å²) in [5, 5.41) is 67.4. The number of hydrogen-bond acceptors (Lipinski definition) is 24. The Labute approximate surface area is 476 Å². The molecule has 0 aromatic heterocycles. The quantitative estimate of drug-likeness (QED) is 0.00638. The van der Waals surface area contributed by atoms with Crippen LogP contribution in [-0.2, 0) is 38.2 Å². The minimum Gasteiger partial charge on any atom is -0.480 e. The van der Waals surface area contributed by atoms with Crippen molar-refractivity contribution in [3.63, 3.8) is 0 Å². The fraction of sp³-hybridized carbons (Fsp3) is 0.811. The first-order valence-electron chi connectivity index (χ1n) is 25.2. The van der Waals surface area contributed by atoms with Gasteiger partial charge < -0.3 is 93.7 Å². The van der Waals surface area contributed by atoms with Crippen LogP contribution in [0.4, 0.5) is 26.3 Å². The standard InChI is InChI=1S/C7H14FNO3.C6H10FN3O2.C6H12FNO3.2C5H10FNO3.C4H8FNO3.4CH5BS/c1-9-5(6(10)4-8)3-7(11)12-2;1-9-6(4(11)2-7)5(12)3-10-8;1-11-6(10)2-4(8)5(9)3-7;2*1-7-4(5(9)10)3(8)2-6;5-1-2(7)3(6)4(8)9;4*1-2-3/h5-6,9-10H,3-4H2,1-2H3;3-4,6,9,11H,2H2,1H3;4-5,9H,2-3,8H2,1H3;2*3-4,7-8H,2H2,1H3,(H,9,10);2-3,7H,1,6H2,(H,8,9);4*2-3H,1H3/t5-,6-;4-,6+;4-,5-;2*3-,4+;2-,3+;;;;/m111111..../s1/i10T;11T;9T;8T;;;4*2D. The predicted octanol–water partition coefficient (Wildman–Crippen LogP) is -4.58. The molecule has 0 aromatic carbocycles. The number of aliphatic hydroxyl groups is 6. The lowest BCUT2D eigenvalue weighted by Gasteiger charge is -2.18. The number of ether oxygens (including phenoxy) is 2. The number of esters is 2. The molecule has 25 nitrogen and oxygen atoms in total. The summed E-state index contributed by atoms with van der Waals surface area (Å²) < 4.78 is 132. The van der Waals surface area contributed by atoms with Crippen molar-refractivity contribution in [1.29, 1.82) is 11.1 Å². The van der Waals surface area contributed by atoms with Crippen molar-refractivity contribution in [3.05, 3.63) is 5.53 Å². The summed E-state index contributed by atoms with van der Waals surface area (Å²) in [7, 11) is 8.14. The number of halogens is 6. The van der Waals surface area contributed by atoms with Crippen molar-refractivity contribution >= 4 is 118 Å². The molecule has 0 saturated heterocycles. The molecule has 17 N–H and O–H groups in total. The highest BCUT2D eigenvalue weighted by atomic mass is 32.1. The molecule has 0 aliphatic rings. The van der Waals surface area contributed by atoms with E-state index in [-0.39, 0.29) is 38.9 Å². The number of hydrogen-bond donors (Lipinski definition) is 19. The lowest BCUT2D eigenvalue weighted by atomic mass is 10.1. The maximum Gasteiger partial charge on any atom is 0.324 e. The first-order valence-corrected chi connectivity index (χ1v) is 23.3. The Kier molecular flexibility index (Phi) is 71.4. The molecule has 0 aliphatic carbocycles. The normalized spacial score (nSPS) is 15.4. The number of methoxy groups -OCH3 is 2. The number of carboxylic acid groups (broad SMARTS) is 3. The molecule has 0 rings (SSSR count). The second-order valence-corrected chi connectivity index (χ2v) is 14.9. The summed E-state index contributed by atoms with van der Waals surface area (Å²) in [6.07, 6.45) is -7.06. The molecule has 0 aromatic rings. The molecular weight excluding hydrogens is 1110 g/mol. The van der Waals surface area contributed by atoms with Crippen LogP contribution in [-0.4, -0.2) is 285 Å². The molecule has 0 radical (unpaired) electrons. The van der Waals surface area contributed by atoms with Crippen LogP contribution >= 0.6 is 49.9 Å². The zero-order valence-corrected chi connectivity index (χ0v) is 47.3. The maximum absolute atomic E-state index is 12.2. The van der Waals surface area contributed by atoms with Gasteiger partial charge in [0.15, 0.2) is 26.1 Å². The molecule has 12 atom stereocenters. The van der Waals surface area contributed by atoms with E-state index in [1.807, 2.05) is 0 Å². The first-order chi connectivity index (χ1) is 38.9. The van der Waals surface area contributed by atoms with E-state index < -0.39 is 149 Å². The molecule has 0 spiro atoms. The van der Waals surface area contributed by atoms with E-state index in [0.717, 1.165) is 0 Å². The number of carbonyl (C=O) groups excluding carboxylic acids is 3. The van der Waals surface area contributed by atoms with Crippen molar-refractivity contribution < 1.29 is 115 Å². The molecule has 0 saturated carbocycles. The van der Waals surface area contributed by atoms with Crippen molar-refractivity contribution in [2.24, 2.45) is 11.5 Å². The lowest BCUT2D eigenvalue weighted by molar-refractivity contribution is -0.143. The molecule has 0 bridgehead atoms. The van der Waals surface area contributed by atoms with Crippen LogP contribution in [0.2, 0.25) is 27.3 Å². The van der Waals surface area contributed by atoms with Crippen LogP contribution in [0, 0.1) is 0 Å². The van der Waals surface area contributed by atoms with Gasteiger partial charge in [-0.25, -0.2) is 76.3 Å². The van der Waals surface area contributed by atoms with Crippen LogP contribution in [0.25, 0.3) is 5.53 Å². The average molecular weight is 1210 g/mol. The number of carbonyl (C=O) groups is 6. The number of aliphatic hydroxyl groups excluding tert-OH is 6. The number of alkyl halides is 6. The number of nitrogens with two attached hydrogens (primary N) is 2. The fourth-order valence-electron chi connectivity index (χ4n) is 3.44. The summed E-state index contributed by atoms with van der Waals surface area (Å²) >= 11 is 14.5. The van der Waals surface area contributed by atoms with Crippen molar-refractivity contribution in [2.45, 2.75) is 113 Å². The summed E-state index contributed by atoms with van der Waals surface area (Å²) in [6, 6.07) is -6.29. The van der Waals surface area contributed by atoms with E-state index in [1.54, 1.807) is 34.3 Å². The Morgan fingerprint density at radius 3 is 1.09 bits per heavy atom. The van der Waals surface area contributed by atoms with E-state index in [0.29, 0.717) is 6.21 Å². The molecule has 0 aliphatic heterocycles. The van der Waals surface area contributed by atoms with Crippen LogP contribution in [0.15, 0.2) is 0 Å². The molecule has 0 heterocycles. The first kappa shape index (κ1) is 75.2. The van der Waals surface area contributed by atoms with Crippen molar-refractivity contribution in [1.82, 2.24) is 21.3 Å². The number of nitrogens with zero attached hydrogens (tertiary/aromatic N) is 2. The van der Waals surface area contributed by atoms with E-state index in [2.05, 4.69) is 106 Å². The molecule has 452 valence electrons. The maximum atomic E-state index is 12.2. The number of ketones is 1. The molecule has 0 amide bonds. The zero-order valence-electron chi connectivity index (χ0n) is 51.7. The van der Waals surface area contributed by atoms with Crippen LogP contribution in [0.1, 0.15) is 12.8 Å². The molecule has 76 heavy (non-hydrogen) atoms. The largest absolute Gasteiger partial charge is 0.480 e. The van der Waals surface area contributed by atoms with Gasteiger partial charge in [0.05, 0.1) is 39.3 Å². The Bertz CT molecular complexity index is 1590. The Balaban J connectivity index is -0.0000000931. The predicted molar refractivity (Wildman–Crippen MR) is 298 cm³/mol. The van der Waals surface area contributed by atoms with Gasteiger partial charge in [-0.1, -0.05) is 27.3 Å². The van der Waals surface area contributed by atoms with Gasteiger partial charge in [-0.3, -0.25) is 28.8 Å². The van der Waals surface area contributed by atoms with Crippen LogP contribution < -0.4 is 32.7 Å². The zero-order chi connectivity index (χ0) is 68.8.